The molecule has 2 heterocycles. The number of aryl methyl sites for hydroxylation is 1. The Kier molecular flexibility index (Phi) is 6.65. The van der Waals surface area contributed by atoms with Crippen LogP contribution in [0.5, 0.6) is 5.75 Å². The molecule has 1 aromatic carbocycles. The monoisotopic (exact) mass is 432 g/mol. The minimum Gasteiger partial charge on any atom is -0.493 e. The molecular formula is C22H28N2O5S. The largest absolute Gasteiger partial charge is 0.493 e. The summed E-state index contributed by atoms with van der Waals surface area (Å²) in [5, 5.41) is 10.2. The first-order valence-electron chi connectivity index (χ1n) is 10.0. The Morgan fingerprint density at radius 3 is 2.50 bits per heavy atom. The zero-order chi connectivity index (χ0) is 21.9. The van der Waals surface area contributed by atoms with E-state index in [1.807, 2.05) is 33.8 Å². The molecule has 30 heavy (non-hydrogen) atoms. The van der Waals surface area contributed by atoms with Crippen molar-refractivity contribution in [2.24, 2.45) is 5.92 Å². The molecule has 2 aromatic rings. The minimum absolute atomic E-state index is 0.176. The van der Waals surface area contributed by atoms with Crippen molar-refractivity contribution >= 4 is 23.4 Å². The van der Waals surface area contributed by atoms with E-state index in [4.69, 9.17) is 9.47 Å². The normalized spacial score (nSPS) is 15.1. The Bertz CT molecular complexity index is 910. The Morgan fingerprint density at radius 1 is 1.23 bits per heavy atom. The number of carboxylic acid groups (broad SMARTS) is 1. The predicted octanol–water partition coefficient (Wildman–Crippen LogP) is 4.84. The average molecular weight is 433 g/mol. The van der Waals surface area contributed by atoms with E-state index < -0.39 is 11.6 Å². The number of piperidine rings is 1. The van der Waals surface area contributed by atoms with Gasteiger partial charge in [-0.1, -0.05) is 0 Å². The van der Waals surface area contributed by atoms with Gasteiger partial charge in [0.25, 0.3) is 0 Å². The van der Waals surface area contributed by atoms with Crippen LogP contribution >= 0.6 is 11.3 Å². The number of hydrogen-bond donors (Lipinski definition) is 1. The highest BCUT2D eigenvalue weighted by Gasteiger charge is 2.27. The number of amides is 1. The highest BCUT2D eigenvalue weighted by Crippen LogP contribution is 2.30. The van der Waals surface area contributed by atoms with Gasteiger partial charge in [-0.25, -0.2) is 14.6 Å². The number of aromatic carboxylic acids is 1. The number of carbonyl (C=O) groups is 2. The quantitative estimate of drug-likeness (QED) is 0.727. The molecular weight excluding hydrogens is 404 g/mol. The SMILES string of the molecule is Cc1cnc(-c2cc(OCC3CCN(C(=O)OC(C)(C)C)CC3)cc(C(=O)O)c2)s1. The van der Waals surface area contributed by atoms with Crippen LogP contribution in [0.1, 0.15) is 48.8 Å². The van der Waals surface area contributed by atoms with Crippen molar-refractivity contribution in [2.45, 2.75) is 46.1 Å². The number of carbonyl (C=O) groups excluding carboxylic acids is 1. The van der Waals surface area contributed by atoms with Gasteiger partial charge >= 0.3 is 12.1 Å². The van der Waals surface area contributed by atoms with E-state index in [2.05, 4.69) is 4.98 Å². The summed E-state index contributed by atoms with van der Waals surface area (Å²) >= 11 is 1.51. The van der Waals surface area contributed by atoms with Gasteiger partial charge in [0.15, 0.2) is 0 Å². The Morgan fingerprint density at radius 2 is 1.93 bits per heavy atom. The third-order valence-electron chi connectivity index (χ3n) is 4.77. The maximum absolute atomic E-state index is 12.2. The van der Waals surface area contributed by atoms with E-state index in [0.29, 0.717) is 31.4 Å². The minimum atomic E-state index is -0.999. The molecule has 0 radical (unpaired) electrons. The van der Waals surface area contributed by atoms with Crippen molar-refractivity contribution in [3.63, 3.8) is 0 Å². The zero-order valence-corrected chi connectivity index (χ0v) is 18.6. The van der Waals surface area contributed by atoms with Crippen molar-refractivity contribution in [1.82, 2.24) is 9.88 Å². The number of likely N-dealkylation sites (tertiary alicyclic amines) is 1. The third-order valence-corrected chi connectivity index (χ3v) is 5.74. The molecule has 1 N–H and O–H groups in total. The molecule has 7 nitrogen and oxygen atoms in total. The fourth-order valence-corrected chi connectivity index (χ4v) is 3.99. The van der Waals surface area contributed by atoms with E-state index in [9.17, 15) is 14.7 Å². The van der Waals surface area contributed by atoms with Crippen molar-refractivity contribution in [1.29, 1.82) is 0 Å². The second-order valence-electron chi connectivity index (χ2n) is 8.55. The number of ether oxygens (including phenoxy) is 2. The van der Waals surface area contributed by atoms with Gasteiger partial charge in [-0.05, 0) is 64.7 Å². The second kappa shape index (κ2) is 9.04. The summed E-state index contributed by atoms with van der Waals surface area (Å²) in [6.07, 6.45) is 3.12. The van der Waals surface area contributed by atoms with Gasteiger partial charge in [-0.15, -0.1) is 11.3 Å². The molecule has 162 valence electrons. The molecule has 0 unspecified atom stereocenters. The summed E-state index contributed by atoms with van der Waals surface area (Å²) in [5.41, 5.74) is 0.415. The van der Waals surface area contributed by atoms with Crippen molar-refractivity contribution < 1.29 is 24.2 Å². The van der Waals surface area contributed by atoms with Gasteiger partial charge in [0, 0.05) is 29.7 Å². The van der Waals surface area contributed by atoms with E-state index >= 15 is 0 Å². The lowest BCUT2D eigenvalue weighted by molar-refractivity contribution is 0.0165. The molecule has 1 fully saturated rings. The van der Waals surface area contributed by atoms with Gasteiger partial charge in [-0.2, -0.15) is 0 Å². The zero-order valence-electron chi connectivity index (χ0n) is 17.8. The first-order valence-corrected chi connectivity index (χ1v) is 10.8. The molecule has 1 amide bonds. The summed E-state index contributed by atoms with van der Waals surface area (Å²) in [5.74, 6) is -0.185. The van der Waals surface area contributed by atoms with E-state index in [-0.39, 0.29) is 11.7 Å². The molecule has 1 saturated heterocycles. The summed E-state index contributed by atoms with van der Waals surface area (Å²) in [6, 6.07) is 5.00. The number of rotatable bonds is 5. The van der Waals surface area contributed by atoms with Crippen LogP contribution in [0.25, 0.3) is 10.6 Å². The molecule has 0 atom stereocenters. The van der Waals surface area contributed by atoms with Crippen LogP contribution in [0.3, 0.4) is 0 Å². The molecule has 0 aliphatic carbocycles. The lowest BCUT2D eigenvalue weighted by atomic mass is 9.98. The lowest BCUT2D eigenvalue weighted by Crippen LogP contribution is -2.42. The fraction of sp³-hybridized carbons (Fsp3) is 0.500. The van der Waals surface area contributed by atoms with Crippen LogP contribution in [-0.4, -0.2) is 52.4 Å². The highest BCUT2D eigenvalue weighted by molar-refractivity contribution is 7.14. The first-order chi connectivity index (χ1) is 14.1. The Balaban J connectivity index is 1.60. The number of thiazole rings is 1. The summed E-state index contributed by atoms with van der Waals surface area (Å²) in [4.78, 5) is 30.9. The van der Waals surface area contributed by atoms with E-state index in [0.717, 1.165) is 28.3 Å². The van der Waals surface area contributed by atoms with Crippen LogP contribution in [-0.2, 0) is 4.74 Å². The molecule has 1 aliphatic rings. The average Bonchev–Trinajstić information content (AvgIpc) is 3.11. The third kappa shape index (κ3) is 5.95. The number of nitrogens with zero attached hydrogens (tertiary/aromatic N) is 2. The van der Waals surface area contributed by atoms with Crippen LogP contribution in [0, 0.1) is 12.8 Å². The molecule has 0 spiro atoms. The summed E-state index contributed by atoms with van der Waals surface area (Å²) < 4.78 is 11.4. The molecule has 8 heteroatoms. The van der Waals surface area contributed by atoms with Gasteiger partial charge in [0.05, 0.1) is 12.2 Å². The van der Waals surface area contributed by atoms with Crippen LogP contribution < -0.4 is 4.74 Å². The maximum Gasteiger partial charge on any atom is 0.410 e. The number of hydrogen-bond acceptors (Lipinski definition) is 6. The van der Waals surface area contributed by atoms with Gasteiger partial charge in [0.2, 0.25) is 0 Å². The van der Waals surface area contributed by atoms with Gasteiger partial charge in [-0.3, -0.25) is 0 Å². The molecule has 0 bridgehead atoms. The smallest absolute Gasteiger partial charge is 0.410 e. The maximum atomic E-state index is 12.2. The summed E-state index contributed by atoms with van der Waals surface area (Å²) in [6.45, 7) is 9.27. The fourth-order valence-electron chi connectivity index (χ4n) is 3.24. The van der Waals surface area contributed by atoms with E-state index in [1.54, 1.807) is 23.2 Å². The summed E-state index contributed by atoms with van der Waals surface area (Å²) in [7, 11) is 0. The highest BCUT2D eigenvalue weighted by atomic mass is 32.1. The lowest BCUT2D eigenvalue weighted by Gasteiger charge is -2.33. The van der Waals surface area contributed by atoms with Crippen LogP contribution in [0.15, 0.2) is 24.4 Å². The van der Waals surface area contributed by atoms with Crippen molar-refractivity contribution in [2.75, 3.05) is 19.7 Å². The van der Waals surface area contributed by atoms with Crippen molar-refractivity contribution in [3.05, 3.63) is 34.8 Å². The Labute approximate surface area is 180 Å². The topological polar surface area (TPSA) is 89.0 Å². The molecule has 1 aromatic heterocycles. The molecule has 0 saturated carbocycles. The standard InChI is InChI=1S/C22H28N2O5S/c1-14-12-23-19(30-14)16-9-17(20(25)26)11-18(10-16)28-13-15-5-7-24(8-6-15)21(27)29-22(2,3)4/h9-12,15H,5-8,13H2,1-4H3,(H,25,26). The first kappa shape index (κ1) is 22.1. The van der Waals surface area contributed by atoms with Crippen LogP contribution in [0.4, 0.5) is 4.79 Å². The predicted molar refractivity (Wildman–Crippen MR) is 115 cm³/mol. The van der Waals surface area contributed by atoms with Crippen LogP contribution in [0.2, 0.25) is 0 Å². The second-order valence-corrected chi connectivity index (χ2v) is 9.78. The van der Waals surface area contributed by atoms with Gasteiger partial charge in [0.1, 0.15) is 16.4 Å². The van der Waals surface area contributed by atoms with Crippen molar-refractivity contribution in [3.8, 4) is 16.3 Å². The van der Waals surface area contributed by atoms with Gasteiger partial charge < -0.3 is 19.5 Å². The van der Waals surface area contributed by atoms with E-state index in [1.165, 1.54) is 11.3 Å². The Hall–Kier alpha value is -2.61. The number of aromatic nitrogens is 1. The number of carboxylic acids is 1. The molecule has 3 rings (SSSR count). The number of benzene rings is 1. The molecule has 1 aliphatic heterocycles.